The van der Waals surface area contributed by atoms with Crippen LogP contribution in [0.1, 0.15) is 38.8 Å². The van der Waals surface area contributed by atoms with Gasteiger partial charge >= 0.3 is 0 Å². The van der Waals surface area contributed by atoms with Crippen LogP contribution in [-0.2, 0) is 28.4 Å². The summed E-state index contributed by atoms with van der Waals surface area (Å²) in [6.45, 7) is 4.30. The van der Waals surface area contributed by atoms with Gasteiger partial charge in [-0.05, 0) is 30.4 Å². The third-order valence-corrected chi connectivity index (χ3v) is 8.47. The van der Waals surface area contributed by atoms with E-state index in [0.717, 1.165) is 17.3 Å². The molecule has 134 valence electrons. The van der Waals surface area contributed by atoms with Crippen molar-refractivity contribution in [1.29, 1.82) is 0 Å². The fourth-order valence-corrected chi connectivity index (χ4v) is 6.79. The predicted molar refractivity (Wildman–Crippen MR) is 94.2 cm³/mol. The first-order valence-electron chi connectivity index (χ1n) is 8.18. The molecule has 1 aromatic heterocycles. The molecule has 2 bridgehead atoms. The Morgan fingerprint density at radius 2 is 2.17 bits per heavy atom. The van der Waals surface area contributed by atoms with Gasteiger partial charge in [0.15, 0.2) is 5.16 Å². The number of fused-ring (bicyclic) bond motifs is 2. The van der Waals surface area contributed by atoms with E-state index in [1.807, 2.05) is 17.9 Å². The number of sulfonamides is 1. The highest BCUT2D eigenvalue weighted by molar-refractivity contribution is 7.98. The zero-order valence-electron chi connectivity index (χ0n) is 14.6. The molecule has 0 aliphatic heterocycles. The number of thioether (sulfide) groups is 1. The van der Waals surface area contributed by atoms with Gasteiger partial charge in [0, 0.05) is 18.9 Å². The molecule has 8 heteroatoms. The van der Waals surface area contributed by atoms with Crippen LogP contribution >= 0.6 is 11.8 Å². The number of hydrogen-bond donors (Lipinski definition) is 1. The Bertz CT molecular complexity index is 770. The highest BCUT2D eigenvalue weighted by Gasteiger charge is 2.65. The molecule has 2 aliphatic rings. The highest BCUT2D eigenvalue weighted by atomic mass is 32.2. The molecule has 2 fully saturated rings. The first-order valence-corrected chi connectivity index (χ1v) is 11.1. The second-order valence-electron chi connectivity index (χ2n) is 7.54. The SMILES string of the molecule is CSc1ncc(CNS(=O)(=O)C[C@]23CC[C@H](CC2=O)C3(C)C)n1C. The number of carbonyl (C=O) groups excluding carboxylic acids is 1. The van der Waals surface area contributed by atoms with Gasteiger partial charge in [0.05, 0.1) is 24.2 Å². The van der Waals surface area contributed by atoms with Crippen LogP contribution in [0.2, 0.25) is 0 Å². The molecule has 0 radical (unpaired) electrons. The molecule has 0 saturated heterocycles. The molecule has 1 aromatic rings. The normalized spacial score (nSPS) is 28.7. The van der Waals surface area contributed by atoms with Crippen LogP contribution in [0, 0.1) is 16.7 Å². The van der Waals surface area contributed by atoms with E-state index in [0.29, 0.717) is 18.8 Å². The fourth-order valence-electron chi connectivity index (χ4n) is 4.45. The molecule has 0 amide bonds. The van der Waals surface area contributed by atoms with Gasteiger partial charge in [-0.25, -0.2) is 18.1 Å². The Hall–Kier alpha value is -0.860. The monoisotopic (exact) mass is 371 g/mol. The largest absolute Gasteiger partial charge is 0.325 e. The summed E-state index contributed by atoms with van der Waals surface area (Å²) in [4.78, 5) is 16.8. The molecule has 0 unspecified atom stereocenters. The Kier molecular flexibility index (Phi) is 4.37. The van der Waals surface area contributed by atoms with E-state index < -0.39 is 15.4 Å². The lowest BCUT2D eigenvalue weighted by Gasteiger charge is -2.36. The summed E-state index contributed by atoms with van der Waals surface area (Å²) in [6.07, 6.45) is 5.78. The van der Waals surface area contributed by atoms with Crippen molar-refractivity contribution < 1.29 is 13.2 Å². The topological polar surface area (TPSA) is 81.1 Å². The number of rotatable bonds is 6. The number of aromatic nitrogens is 2. The summed E-state index contributed by atoms with van der Waals surface area (Å²) in [6, 6.07) is 0. The van der Waals surface area contributed by atoms with Gasteiger partial charge in [-0.3, -0.25) is 4.79 Å². The fraction of sp³-hybridized carbons (Fsp3) is 0.750. The maximum atomic E-state index is 12.7. The van der Waals surface area contributed by atoms with Crippen molar-refractivity contribution in [3.05, 3.63) is 11.9 Å². The first-order chi connectivity index (χ1) is 11.1. The van der Waals surface area contributed by atoms with E-state index in [1.165, 1.54) is 11.8 Å². The van der Waals surface area contributed by atoms with Crippen LogP contribution in [0.15, 0.2) is 11.4 Å². The minimum atomic E-state index is -3.54. The number of imidazole rings is 1. The Labute approximate surface area is 147 Å². The van der Waals surface area contributed by atoms with E-state index in [1.54, 1.807) is 6.20 Å². The van der Waals surface area contributed by atoms with Gasteiger partial charge < -0.3 is 4.57 Å². The molecule has 24 heavy (non-hydrogen) atoms. The standard InChI is InChI=1S/C16H25N3O3S2/c1-15(2)11-5-6-16(15,13(20)7-11)10-24(21,22)18-9-12-8-17-14(23-4)19(12)3/h8,11,18H,5-7,9-10H2,1-4H3/t11-,16-/m1/s1. The zero-order valence-corrected chi connectivity index (χ0v) is 16.3. The van der Waals surface area contributed by atoms with E-state index in [2.05, 4.69) is 23.6 Å². The van der Waals surface area contributed by atoms with Crippen molar-refractivity contribution in [3.8, 4) is 0 Å². The number of ketones is 1. The van der Waals surface area contributed by atoms with E-state index in [-0.39, 0.29) is 23.5 Å². The number of nitrogens with zero attached hydrogens (tertiary/aromatic N) is 2. The molecular weight excluding hydrogens is 346 g/mol. The maximum absolute atomic E-state index is 12.7. The van der Waals surface area contributed by atoms with Gasteiger partial charge in [0.25, 0.3) is 0 Å². The van der Waals surface area contributed by atoms with Gasteiger partial charge in [-0.1, -0.05) is 25.6 Å². The maximum Gasteiger partial charge on any atom is 0.212 e. The van der Waals surface area contributed by atoms with E-state index in [4.69, 9.17) is 0 Å². The molecule has 2 saturated carbocycles. The van der Waals surface area contributed by atoms with Crippen molar-refractivity contribution in [2.24, 2.45) is 23.8 Å². The number of carbonyl (C=O) groups is 1. The Balaban J connectivity index is 1.75. The number of hydrogen-bond acceptors (Lipinski definition) is 5. The molecule has 2 atom stereocenters. The predicted octanol–water partition coefficient (Wildman–Crippen LogP) is 1.96. The third kappa shape index (κ3) is 2.63. The van der Waals surface area contributed by atoms with E-state index in [9.17, 15) is 13.2 Å². The quantitative estimate of drug-likeness (QED) is 0.773. The first kappa shape index (κ1) is 17.9. The number of nitrogens with one attached hydrogen (secondary N) is 1. The average molecular weight is 372 g/mol. The molecule has 2 aliphatic carbocycles. The molecule has 1 heterocycles. The molecule has 6 nitrogen and oxygen atoms in total. The summed E-state index contributed by atoms with van der Waals surface area (Å²) >= 11 is 1.51. The Morgan fingerprint density at radius 3 is 2.67 bits per heavy atom. The summed E-state index contributed by atoms with van der Waals surface area (Å²) in [5.74, 6) is 0.344. The minimum Gasteiger partial charge on any atom is -0.325 e. The van der Waals surface area contributed by atoms with Crippen LogP contribution in [0.4, 0.5) is 0 Å². The zero-order chi connectivity index (χ0) is 17.8. The smallest absolute Gasteiger partial charge is 0.212 e. The van der Waals surface area contributed by atoms with Gasteiger partial charge in [-0.15, -0.1) is 0 Å². The third-order valence-electron chi connectivity index (χ3n) is 6.27. The molecular formula is C16H25N3O3S2. The summed E-state index contributed by atoms with van der Waals surface area (Å²) < 4.78 is 29.9. The second-order valence-corrected chi connectivity index (χ2v) is 10.1. The van der Waals surface area contributed by atoms with Gasteiger partial charge in [0.1, 0.15) is 5.78 Å². The lowest BCUT2D eigenvalue weighted by molar-refractivity contribution is -0.128. The van der Waals surface area contributed by atoms with Crippen LogP contribution in [-0.4, -0.2) is 35.8 Å². The lowest BCUT2D eigenvalue weighted by Crippen LogP contribution is -2.45. The number of Topliss-reactive ketones (excluding diaryl/α,β-unsaturated/α-hetero) is 1. The molecule has 3 rings (SSSR count). The molecule has 1 N–H and O–H groups in total. The van der Waals surface area contributed by atoms with Crippen molar-refractivity contribution in [2.75, 3.05) is 12.0 Å². The van der Waals surface area contributed by atoms with E-state index >= 15 is 0 Å². The Morgan fingerprint density at radius 1 is 1.46 bits per heavy atom. The summed E-state index contributed by atoms with van der Waals surface area (Å²) in [5.41, 5.74) is -0.153. The van der Waals surface area contributed by atoms with Crippen LogP contribution in [0.5, 0.6) is 0 Å². The van der Waals surface area contributed by atoms with Crippen LogP contribution in [0.25, 0.3) is 0 Å². The molecule has 0 spiro atoms. The average Bonchev–Trinajstić information content (AvgIpc) is 3.03. The molecule has 0 aromatic carbocycles. The summed E-state index contributed by atoms with van der Waals surface area (Å²) in [7, 11) is -1.68. The minimum absolute atomic E-state index is 0.102. The van der Waals surface area contributed by atoms with Crippen molar-refractivity contribution in [3.63, 3.8) is 0 Å². The van der Waals surface area contributed by atoms with Crippen LogP contribution in [0.3, 0.4) is 0 Å². The van der Waals surface area contributed by atoms with Crippen molar-refractivity contribution in [1.82, 2.24) is 14.3 Å². The van der Waals surface area contributed by atoms with Crippen molar-refractivity contribution >= 4 is 27.6 Å². The van der Waals surface area contributed by atoms with Crippen LogP contribution < -0.4 is 4.72 Å². The summed E-state index contributed by atoms with van der Waals surface area (Å²) in [5, 5.41) is 0.841. The van der Waals surface area contributed by atoms with Gasteiger partial charge in [0.2, 0.25) is 10.0 Å². The van der Waals surface area contributed by atoms with Gasteiger partial charge in [-0.2, -0.15) is 0 Å². The highest BCUT2D eigenvalue weighted by Crippen LogP contribution is 2.64. The second kappa shape index (κ2) is 5.85. The van der Waals surface area contributed by atoms with Crippen molar-refractivity contribution in [2.45, 2.75) is 44.8 Å². The lowest BCUT2D eigenvalue weighted by atomic mass is 9.70.